The number of imidazole rings is 1. The summed E-state index contributed by atoms with van der Waals surface area (Å²) in [5.41, 5.74) is 7.75. The maximum absolute atomic E-state index is 5.83. The summed E-state index contributed by atoms with van der Waals surface area (Å²) in [5, 5.41) is 0. The Morgan fingerprint density at radius 1 is 1.32 bits per heavy atom. The van der Waals surface area contributed by atoms with Gasteiger partial charge in [0, 0.05) is 12.4 Å². The Hall–Kier alpha value is -1.39. The highest BCUT2D eigenvalue weighted by Gasteiger charge is 2.25. The van der Waals surface area contributed by atoms with Crippen molar-refractivity contribution < 1.29 is 4.74 Å². The van der Waals surface area contributed by atoms with Crippen molar-refractivity contribution in [2.45, 2.75) is 25.9 Å². The summed E-state index contributed by atoms with van der Waals surface area (Å²) in [5.74, 6) is 1.29. The normalized spacial score (nSPS) is 23.2. The van der Waals surface area contributed by atoms with Gasteiger partial charge in [0.25, 0.3) is 0 Å². The summed E-state index contributed by atoms with van der Waals surface area (Å²) >= 11 is 0. The van der Waals surface area contributed by atoms with E-state index in [-0.39, 0.29) is 0 Å². The number of rotatable bonds is 5. The molecule has 1 saturated carbocycles. The Morgan fingerprint density at radius 2 is 2.21 bits per heavy atom. The van der Waals surface area contributed by atoms with E-state index < -0.39 is 0 Å². The number of fused-ring (bicyclic) bond motifs is 1. The van der Waals surface area contributed by atoms with Crippen LogP contribution in [0.1, 0.15) is 25.0 Å². The van der Waals surface area contributed by atoms with Crippen LogP contribution in [0, 0.1) is 11.8 Å². The summed E-state index contributed by atoms with van der Waals surface area (Å²) in [6.07, 6.45) is 7.85. The van der Waals surface area contributed by atoms with E-state index in [1.165, 1.54) is 19.3 Å². The van der Waals surface area contributed by atoms with Crippen molar-refractivity contribution in [2.75, 3.05) is 13.2 Å². The first-order valence-corrected chi connectivity index (χ1v) is 7.07. The van der Waals surface area contributed by atoms with Crippen molar-refractivity contribution >= 4 is 5.65 Å². The van der Waals surface area contributed by atoms with E-state index in [2.05, 4.69) is 4.98 Å². The molecule has 0 saturated heterocycles. The average molecular weight is 259 g/mol. The number of aromatic nitrogens is 2. The minimum absolute atomic E-state index is 0.593. The lowest BCUT2D eigenvalue weighted by Gasteiger charge is -2.17. The predicted molar refractivity (Wildman–Crippen MR) is 74.7 cm³/mol. The van der Waals surface area contributed by atoms with Crippen LogP contribution in [0.2, 0.25) is 0 Å². The van der Waals surface area contributed by atoms with Gasteiger partial charge in [-0.05, 0) is 43.4 Å². The molecule has 0 aliphatic heterocycles. The number of hydrogen-bond donors (Lipinski definition) is 1. The monoisotopic (exact) mass is 259 g/mol. The van der Waals surface area contributed by atoms with Crippen molar-refractivity contribution in [1.82, 2.24) is 9.38 Å². The molecule has 3 rings (SSSR count). The number of nitrogens with zero attached hydrogens (tertiary/aromatic N) is 2. The highest BCUT2D eigenvalue weighted by Crippen LogP contribution is 2.31. The molecule has 19 heavy (non-hydrogen) atoms. The lowest BCUT2D eigenvalue weighted by atomic mass is 9.97. The Bertz CT molecular complexity index is 504. The molecule has 1 aliphatic carbocycles. The van der Waals surface area contributed by atoms with E-state index >= 15 is 0 Å². The average Bonchev–Trinajstić information content (AvgIpc) is 3.04. The molecule has 4 heteroatoms. The standard InChI is InChI=1S/C15H21N3O/c16-8-12-4-3-5-13(12)10-19-11-14-9-18-7-2-1-6-15(18)17-14/h1-2,6-7,9,12-13H,3-5,8,10-11,16H2. The van der Waals surface area contributed by atoms with Gasteiger partial charge in [-0.15, -0.1) is 0 Å². The molecule has 0 aromatic carbocycles. The summed E-state index contributed by atoms with van der Waals surface area (Å²) in [7, 11) is 0. The maximum Gasteiger partial charge on any atom is 0.137 e. The highest BCUT2D eigenvalue weighted by atomic mass is 16.5. The van der Waals surface area contributed by atoms with Gasteiger partial charge in [0.05, 0.1) is 18.9 Å². The van der Waals surface area contributed by atoms with E-state index in [1.807, 2.05) is 35.0 Å². The number of hydrogen-bond acceptors (Lipinski definition) is 3. The Kier molecular flexibility index (Phi) is 3.80. The molecule has 2 heterocycles. The van der Waals surface area contributed by atoms with Gasteiger partial charge in [-0.3, -0.25) is 0 Å². The number of ether oxygens (including phenoxy) is 1. The first-order valence-electron chi connectivity index (χ1n) is 7.07. The minimum atomic E-state index is 0.593. The van der Waals surface area contributed by atoms with Crippen LogP contribution in [0.25, 0.3) is 5.65 Å². The van der Waals surface area contributed by atoms with Crippen LogP contribution in [0.15, 0.2) is 30.6 Å². The summed E-state index contributed by atoms with van der Waals surface area (Å²) < 4.78 is 7.86. The highest BCUT2D eigenvalue weighted by molar-refractivity contribution is 5.39. The van der Waals surface area contributed by atoms with Crippen LogP contribution in [-0.4, -0.2) is 22.5 Å². The van der Waals surface area contributed by atoms with Gasteiger partial charge in [0.2, 0.25) is 0 Å². The Morgan fingerprint density at radius 3 is 3.05 bits per heavy atom. The third kappa shape index (κ3) is 2.80. The molecule has 2 unspecified atom stereocenters. The largest absolute Gasteiger partial charge is 0.375 e. The second kappa shape index (κ2) is 5.72. The zero-order valence-electron chi connectivity index (χ0n) is 11.2. The van der Waals surface area contributed by atoms with Crippen LogP contribution in [0.5, 0.6) is 0 Å². The minimum Gasteiger partial charge on any atom is -0.375 e. The predicted octanol–water partition coefficient (Wildman–Crippen LogP) is 2.23. The van der Waals surface area contributed by atoms with Gasteiger partial charge in [0.15, 0.2) is 0 Å². The van der Waals surface area contributed by atoms with Gasteiger partial charge < -0.3 is 14.9 Å². The fourth-order valence-electron chi connectivity index (χ4n) is 3.01. The zero-order valence-corrected chi connectivity index (χ0v) is 11.2. The fourth-order valence-corrected chi connectivity index (χ4v) is 3.01. The van der Waals surface area contributed by atoms with E-state index in [0.29, 0.717) is 18.4 Å². The molecule has 0 bridgehead atoms. The van der Waals surface area contributed by atoms with Crippen molar-refractivity contribution in [3.05, 3.63) is 36.3 Å². The second-order valence-corrected chi connectivity index (χ2v) is 5.40. The van der Waals surface area contributed by atoms with Crippen molar-refractivity contribution in [3.8, 4) is 0 Å². The molecule has 1 aliphatic rings. The molecule has 102 valence electrons. The molecule has 2 aromatic rings. The van der Waals surface area contributed by atoms with Gasteiger partial charge in [-0.1, -0.05) is 12.5 Å². The molecule has 0 spiro atoms. The van der Waals surface area contributed by atoms with E-state index in [0.717, 1.165) is 24.5 Å². The molecule has 2 aromatic heterocycles. The van der Waals surface area contributed by atoms with Crippen molar-refractivity contribution in [2.24, 2.45) is 17.6 Å². The van der Waals surface area contributed by atoms with Crippen molar-refractivity contribution in [3.63, 3.8) is 0 Å². The molecule has 2 atom stereocenters. The third-order valence-corrected chi connectivity index (χ3v) is 4.11. The second-order valence-electron chi connectivity index (χ2n) is 5.40. The van der Waals surface area contributed by atoms with E-state index in [1.54, 1.807) is 0 Å². The first kappa shape index (κ1) is 12.6. The molecule has 2 N–H and O–H groups in total. The number of nitrogens with two attached hydrogens (primary N) is 1. The Labute approximate surface area is 113 Å². The van der Waals surface area contributed by atoms with E-state index in [4.69, 9.17) is 10.5 Å². The van der Waals surface area contributed by atoms with Crippen LogP contribution in [0.4, 0.5) is 0 Å². The lowest BCUT2D eigenvalue weighted by molar-refractivity contribution is 0.0736. The zero-order chi connectivity index (χ0) is 13.1. The quantitative estimate of drug-likeness (QED) is 0.895. The molecule has 4 nitrogen and oxygen atoms in total. The molecule has 0 amide bonds. The van der Waals surface area contributed by atoms with Crippen LogP contribution in [0.3, 0.4) is 0 Å². The van der Waals surface area contributed by atoms with Crippen molar-refractivity contribution in [1.29, 1.82) is 0 Å². The lowest BCUT2D eigenvalue weighted by Crippen LogP contribution is -2.22. The van der Waals surface area contributed by atoms with Gasteiger partial charge in [0.1, 0.15) is 5.65 Å². The first-order chi connectivity index (χ1) is 9.36. The van der Waals surface area contributed by atoms with Crippen LogP contribution >= 0.6 is 0 Å². The fraction of sp³-hybridized carbons (Fsp3) is 0.533. The van der Waals surface area contributed by atoms with Gasteiger partial charge in [-0.2, -0.15) is 0 Å². The summed E-state index contributed by atoms with van der Waals surface area (Å²) in [6.45, 7) is 2.20. The summed E-state index contributed by atoms with van der Waals surface area (Å²) in [6, 6.07) is 6.01. The smallest absolute Gasteiger partial charge is 0.137 e. The summed E-state index contributed by atoms with van der Waals surface area (Å²) in [4.78, 5) is 4.53. The van der Waals surface area contributed by atoms with Gasteiger partial charge >= 0.3 is 0 Å². The third-order valence-electron chi connectivity index (χ3n) is 4.11. The topological polar surface area (TPSA) is 52.5 Å². The Balaban J connectivity index is 1.54. The van der Waals surface area contributed by atoms with Gasteiger partial charge in [-0.25, -0.2) is 4.98 Å². The molecular formula is C15H21N3O. The SMILES string of the molecule is NCC1CCCC1COCc1cn2ccccc2n1. The number of pyridine rings is 1. The molecule has 1 fully saturated rings. The molecular weight excluding hydrogens is 238 g/mol. The van der Waals surface area contributed by atoms with Crippen LogP contribution < -0.4 is 5.73 Å². The maximum atomic E-state index is 5.83. The van der Waals surface area contributed by atoms with E-state index in [9.17, 15) is 0 Å². The van der Waals surface area contributed by atoms with Crippen LogP contribution in [-0.2, 0) is 11.3 Å². The molecule has 0 radical (unpaired) electrons.